The highest BCUT2D eigenvalue weighted by Gasteiger charge is 2.25. The molecule has 13 rings (SSSR count). The molecule has 0 atom stereocenters. The number of nitrogen functional groups attached to an aromatic ring is 1. The normalized spacial score (nSPS) is 11.5. The Hall–Kier alpha value is -13.3. The summed E-state index contributed by atoms with van der Waals surface area (Å²) >= 11 is 0. The van der Waals surface area contributed by atoms with Crippen molar-refractivity contribution in [3.05, 3.63) is 270 Å². The predicted octanol–water partition coefficient (Wildman–Crippen LogP) is 18.7. The van der Waals surface area contributed by atoms with Crippen LogP contribution in [0.5, 0.6) is 17.2 Å². The van der Waals surface area contributed by atoms with Crippen molar-refractivity contribution in [2.75, 3.05) is 39.0 Å². The van der Waals surface area contributed by atoms with E-state index < -0.39 is 23.8 Å². The van der Waals surface area contributed by atoms with Gasteiger partial charge in [-0.2, -0.15) is 10.2 Å². The Morgan fingerprint density at radius 2 is 0.930 bits per heavy atom. The molecule has 0 spiro atoms. The van der Waals surface area contributed by atoms with E-state index >= 15 is 0 Å². The molecule has 13 aromatic rings. The highest BCUT2D eigenvalue weighted by molar-refractivity contribution is 6.07. The van der Waals surface area contributed by atoms with Gasteiger partial charge in [-0.25, -0.2) is 43.7 Å². The van der Waals surface area contributed by atoms with Crippen LogP contribution in [0.3, 0.4) is 0 Å². The zero-order chi connectivity index (χ0) is 81.2. The van der Waals surface area contributed by atoms with Crippen molar-refractivity contribution < 1.29 is 38.1 Å². The summed E-state index contributed by atoms with van der Waals surface area (Å²) in [6.07, 6.45) is 8.91. The minimum absolute atomic E-state index is 0.143. The van der Waals surface area contributed by atoms with Crippen molar-refractivity contribution in [1.82, 2.24) is 60.1 Å². The van der Waals surface area contributed by atoms with Crippen molar-refractivity contribution in [2.45, 2.75) is 145 Å². The van der Waals surface area contributed by atoms with E-state index in [1.54, 1.807) is 79.4 Å². The molecule has 0 bridgehead atoms. The number of hydrogen-bond donors (Lipinski definition) is 8. The minimum Gasteiger partial charge on any atom is -0.488 e. The number of anilines is 8. The second-order valence-electron chi connectivity index (χ2n) is 31.0. The number of pyridine rings is 2. The first-order chi connectivity index (χ1) is 54.4. The van der Waals surface area contributed by atoms with Crippen LogP contribution in [-0.2, 0) is 46.6 Å². The molecule has 0 radical (unpaired) electrons. The van der Waals surface area contributed by atoms with Gasteiger partial charge in [0.25, 0.3) is 0 Å². The van der Waals surface area contributed by atoms with Gasteiger partial charge >= 0.3 is 18.2 Å². The Morgan fingerprint density at radius 3 is 1.43 bits per heavy atom. The number of aryl methyl sites for hydroxylation is 2. The van der Waals surface area contributed by atoms with Gasteiger partial charge in [-0.05, 0) is 151 Å². The molecule has 0 saturated carbocycles. The number of amides is 4. The van der Waals surface area contributed by atoms with E-state index in [2.05, 4.69) is 114 Å². The Labute approximate surface area is 664 Å². The van der Waals surface area contributed by atoms with E-state index in [-0.39, 0.29) is 29.6 Å². The lowest BCUT2D eigenvalue weighted by atomic mass is 9.92. The summed E-state index contributed by atoms with van der Waals surface area (Å²) in [6, 6.07) is 59.1. The maximum Gasteiger partial charge on any atom is 0.418 e. The number of fused-ring (bicyclic) bond motifs is 2. The quantitative estimate of drug-likeness (QED) is 0.0178. The van der Waals surface area contributed by atoms with Crippen LogP contribution < -0.4 is 57.2 Å². The van der Waals surface area contributed by atoms with E-state index in [0.717, 1.165) is 83.7 Å². The molecule has 4 amide bonds. The summed E-state index contributed by atoms with van der Waals surface area (Å²) in [5, 5.41) is 34.2. The zero-order valence-electron chi connectivity index (χ0n) is 66.7. The summed E-state index contributed by atoms with van der Waals surface area (Å²) < 4.78 is 32.1. The maximum absolute atomic E-state index is 13.5. The van der Waals surface area contributed by atoms with Crippen LogP contribution in [0.1, 0.15) is 128 Å². The number of hydrogen-bond acceptors (Lipinski definition) is 20. The van der Waals surface area contributed by atoms with Gasteiger partial charge in [0, 0.05) is 69.1 Å². The Bertz CT molecular complexity index is 5400. The molecule has 6 aromatic heterocycles. The number of urea groups is 1. The van der Waals surface area contributed by atoms with Crippen molar-refractivity contribution in [2.24, 2.45) is 0 Å². The highest BCUT2D eigenvalue weighted by atomic mass is 16.6. The van der Waals surface area contributed by atoms with Gasteiger partial charge < -0.3 is 50.7 Å². The number of nitrogens with two attached hydrogens (primary N) is 1. The molecule has 0 aliphatic carbocycles. The van der Waals surface area contributed by atoms with Crippen LogP contribution in [0, 0.1) is 13.8 Å². The number of carbonyl (C=O) groups is 3. The number of nitrogens with zero attached hydrogens (tertiary/aromatic N) is 10. The summed E-state index contributed by atoms with van der Waals surface area (Å²) in [7, 11) is 0. The smallest absolute Gasteiger partial charge is 0.418 e. The van der Waals surface area contributed by atoms with E-state index in [1.165, 1.54) is 0 Å². The molecular formula is C88H98N18O8. The fourth-order valence-electron chi connectivity index (χ4n) is 11.2. The summed E-state index contributed by atoms with van der Waals surface area (Å²) in [5.41, 5.74) is 15.4. The predicted molar refractivity (Wildman–Crippen MR) is 448 cm³/mol. The fourth-order valence-corrected chi connectivity index (χ4v) is 11.2. The maximum atomic E-state index is 13.5. The van der Waals surface area contributed by atoms with Gasteiger partial charge in [0.15, 0.2) is 0 Å². The molecule has 0 aliphatic heterocycles. The zero-order valence-corrected chi connectivity index (χ0v) is 66.7. The SMILES string of the molecule is CC(C)(C)OCNCc1cnc(Nc2cc(COc3ccc(N)c4ccccc34)ccn2)cn1.Cc1ccc(-n2nc(C(C)(C)C)cc2NC(=O)Nc2ccc(OCc3ccnc(Nc4cnc(CNC(=O)OC(C)(C)C)cn4)c3)c3ccccc23)cc1.Cc1ccc(-n2nc(C(C)(C)C)cc2NC(=O)Oc2ccccc2)cc1. The second kappa shape index (κ2) is 36.7. The lowest BCUT2D eigenvalue weighted by molar-refractivity contribution is -0.0139. The van der Waals surface area contributed by atoms with Crippen LogP contribution in [0.4, 0.5) is 60.7 Å². The molecule has 0 saturated heterocycles. The van der Waals surface area contributed by atoms with Gasteiger partial charge in [-0.3, -0.25) is 25.9 Å². The third-order valence-electron chi connectivity index (χ3n) is 17.1. The van der Waals surface area contributed by atoms with Gasteiger partial charge in [0.2, 0.25) is 0 Å². The molecule has 588 valence electrons. The van der Waals surface area contributed by atoms with Crippen molar-refractivity contribution in [3.8, 4) is 28.6 Å². The number of alkyl carbamates (subject to hydrolysis) is 1. The van der Waals surface area contributed by atoms with Gasteiger partial charge in [0.1, 0.15) is 71.0 Å². The van der Waals surface area contributed by atoms with Gasteiger partial charge in [0.05, 0.1) is 83.5 Å². The topological polar surface area (TPSA) is 321 Å². The molecular weight excluding hydrogens is 1440 g/mol. The third-order valence-corrected chi connectivity index (χ3v) is 17.1. The number of nitrogens with one attached hydrogen (secondary N) is 7. The van der Waals surface area contributed by atoms with E-state index in [0.29, 0.717) is 77.7 Å². The third kappa shape index (κ3) is 23.8. The number of rotatable bonds is 22. The lowest BCUT2D eigenvalue weighted by Crippen LogP contribution is -2.32. The Balaban J connectivity index is 0.000000182. The van der Waals surface area contributed by atoms with E-state index in [4.69, 9.17) is 34.5 Å². The van der Waals surface area contributed by atoms with Gasteiger partial charge in [-0.1, -0.05) is 144 Å². The summed E-state index contributed by atoms with van der Waals surface area (Å²) in [6.45, 7) is 29.9. The van der Waals surface area contributed by atoms with Crippen LogP contribution in [0.25, 0.3) is 32.9 Å². The molecule has 0 unspecified atom stereocenters. The molecule has 7 aromatic carbocycles. The van der Waals surface area contributed by atoms with E-state index in [1.807, 2.05) is 211 Å². The minimum atomic E-state index is -0.585. The first kappa shape index (κ1) is 81.7. The molecule has 0 fully saturated rings. The molecule has 26 nitrogen and oxygen atoms in total. The molecule has 26 heteroatoms. The number of aromatic nitrogens is 10. The number of benzene rings is 7. The molecule has 114 heavy (non-hydrogen) atoms. The Kier molecular flexibility index (Phi) is 26.3. The van der Waals surface area contributed by atoms with Crippen molar-refractivity contribution >= 4 is 86.0 Å². The van der Waals surface area contributed by atoms with Crippen LogP contribution in [0.15, 0.2) is 225 Å². The van der Waals surface area contributed by atoms with Crippen LogP contribution >= 0.6 is 0 Å². The number of ether oxygens (including phenoxy) is 5. The number of para-hydroxylation sites is 1. The van der Waals surface area contributed by atoms with Crippen molar-refractivity contribution in [3.63, 3.8) is 0 Å². The summed E-state index contributed by atoms with van der Waals surface area (Å²) in [4.78, 5) is 64.1. The van der Waals surface area contributed by atoms with Gasteiger partial charge in [-0.15, -0.1) is 0 Å². The lowest BCUT2D eigenvalue weighted by Gasteiger charge is -2.19. The fraction of sp³-hybridized carbons (Fsp3) is 0.261. The standard InChI is InChI=1S/C41H45N9O4.C26H30N6O2.C21H23N3O2/c1-26-12-14-29(15-13-26)50-37(21-34(49-50)40(2,3)4)48-38(51)46-32-16-17-33(31-11-9-8-10-30(31)32)53-25-27-18-19-42-35(20-27)47-36-24-43-28(22-44-36)23-45-39(52)54-41(5,6)7;1-26(2,3)34-17-28-13-19-14-31-25(15-30-19)32-24-12-18(10-11-29-24)16-33-23-9-8-22(27)20-6-4-5-7-21(20)23;1-15-10-12-16(13-11-15)24-19(14-18(23-24)21(2,3)4)22-20(25)26-17-8-6-5-7-9-17/h8-22,24H,23,25H2,1-7H3,(H,45,52)(H,42,44,47)(H2,46,48,51);4-12,14-15,28H,13,16-17,27H2,1-3H3,(H,29,31,32);5-14H,1-4H3,(H,22,25). The summed E-state index contributed by atoms with van der Waals surface area (Å²) in [5.74, 6) is 5.42. The first-order valence-corrected chi connectivity index (χ1v) is 37.3. The van der Waals surface area contributed by atoms with Crippen LogP contribution in [-0.4, -0.2) is 85.6 Å². The van der Waals surface area contributed by atoms with Crippen LogP contribution in [0.2, 0.25) is 0 Å². The molecule has 0 aliphatic rings. The highest BCUT2D eigenvalue weighted by Crippen LogP contribution is 2.35. The van der Waals surface area contributed by atoms with E-state index in [9.17, 15) is 14.4 Å². The monoisotopic (exact) mass is 1530 g/mol. The van der Waals surface area contributed by atoms with Crippen molar-refractivity contribution in [1.29, 1.82) is 0 Å². The Morgan fingerprint density at radius 1 is 0.447 bits per heavy atom. The first-order valence-electron chi connectivity index (χ1n) is 37.3. The molecule has 9 N–H and O–H groups in total. The largest absolute Gasteiger partial charge is 0.488 e. The molecule has 6 heterocycles. The number of carbonyl (C=O) groups excluding carboxylic acids is 3. The average molecular weight is 1540 g/mol. The average Bonchev–Trinajstić information content (AvgIpc) is 1.82. The second-order valence-corrected chi connectivity index (χ2v) is 31.0.